The quantitative estimate of drug-likeness (QED) is 0.0384. The monoisotopic (exact) mass is 719 g/mol. The van der Waals surface area contributed by atoms with E-state index in [0.717, 1.165) is 30.6 Å². The molecule has 0 bridgehead atoms. The summed E-state index contributed by atoms with van der Waals surface area (Å²) in [4.78, 5) is 27.8. The Hall–Kier alpha value is -5.33. The van der Waals surface area contributed by atoms with Crippen molar-refractivity contribution in [1.82, 2.24) is 20.0 Å². The van der Waals surface area contributed by atoms with Gasteiger partial charge >= 0.3 is 11.8 Å². The predicted molar refractivity (Wildman–Crippen MR) is 183 cm³/mol. The van der Waals surface area contributed by atoms with Crippen LogP contribution in [0.2, 0.25) is 0 Å². The molecule has 3 N–H and O–H groups in total. The molecule has 16 heteroatoms. The molecule has 10 nitrogen and oxygen atoms in total. The van der Waals surface area contributed by atoms with Crippen LogP contribution in [-0.4, -0.2) is 75.0 Å². The fourth-order valence-electron chi connectivity index (χ4n) is 5.16. The molecule has 1 aliphatic rings. The summed E-state index contributed by atoms with van der Waals surface area (Å²) in [5.41, 5.74) is -5.01. The number of amidine groups is 1. The third kappa shape index (κ3) is 8.89. The van der Waals surface area contributed by atoms with Crippen LogP contribution in [0.1, 0.15) is 78.2 Å². The minimum absolute atomic E-state index is 0.0963. The molecule has 1 aliphatic carbocycles. The van der Waals surface area contributed by atoms with E-state index >= 15 is 4.39 Å². The highest BCUT2D eigenvalue weighted by Gasteiger charge is 2.73. The fourth-order valence-corrected chi connectivity index (χ4v) is 5.16. The number of hydrogen-bond acceptors (Lipinski definition) is 6. The molecule has 2 amide bonds. The first kappa shape index (κ1) is 40.1. The van der Waals surface area contributed by atoms with Crippen molar-refractivity contribution in [3.8, 4) is 11.8 Å². The molecule has 51 heavy (non-hydrogen) atoms. The topological polar surface area (TPSA) is 124 Å². The first-order chi connectivity index (χ1) is 23.7. The van der Waals surface area contributed by atoms with E-state index in [1.165, 1.54) is 18.2 Å². The Balaban J connectivity index is 2.14. The average molecular weight is 720 g/mol. The molecule has 1 aromatic heterocycles. The van der Waals surface area contributed by atoms with Crippen LogP contribution in [0.5, 0.6) is 0 Å². The number of carbonyl (C=O) groups is 2. The molecule has 274 valence electrons. The fraction of sp³-hybridized carbons (Fsp3) is 0.400. The number of aryl methyl sites for hydroxylation is 1. The number of rotatable bonds is 13. The number of allylic oxidation sites excluding steroid dienone is 4. The number of nitrogens with one attached hydrogen (secondary N) is 2. The van der Waals surface area contributed by atoms with Gasteiger partial charge in [0, 0.05) is 32.3 Å². The predicted octanol–water partition coefficient (Wildman–Crippen LogP) is 7.20. The molecule has 0 saturated heterocycles. The number of alkyl halides is 6. The minimum atomic E-state index is -6.14. The van der Waals surface area contributed by atoms with Crippen LogP contribution in [0, 0.1) is 24.7 Å². The number of aliphatic hydroxyl groups excluding tert-OH is 1. The Bertz CT molecular complexity index is 1830. The Kier molecular flexibility index (Phi) is 12.3. The van der Waals surface area contributed by atoms with E-state index in [0.29, 0.717) is 21.9 Å². The number of carbonyl (C=O) groups excluding carboxylic acids is 2. The second kappa shape index (κ2) is 15.7. The van der Waals surface area contributed by atoms with Crippen molar-refractivity contribution in [2.75, 3.05) is 12.4 Å². The van der Waals surface area contributed by atoms with Gasteiger partial charge in [-0.3, -0.25) is 9.59 Å². The summed E-state index contributed by atoms with van der Waals surface area (Å²) in [5.74, 6) is -2.72. The van der Waals surface area contributed by atoms with E-state index in [-0.39, 0.29) is 41.3 Å². The van der Waals surface area contributed by atoms with Crippen molar-refractivity contribution >= 4 is 35.8 Å². The number of hydrogen-bond donors (Lipinski definition) is 3. The van der Waals surface area contributed by atoms with E-state index in [2.05, 4.69) is 51.1 Å². The van der Waals surface area contributed by atoms with E-state index in [1.807, 2.05) is 6.92 Å². The highest BCUT2D eigenvalue weighted by Crippen LogP contribution is 2.47. The van der Waals surface area contributed by atoms with E-state index in [9.17, 15) is 36.6 Å². The molecular weight excluding hydrogens is 680 g/mol. The Morgan fingerprint density at radius 3 is 2.37 bits per heavy atom. The molecule has 2 atom stereocenters. The first-order valence-electron chi connectivity index (χ1n) is 15.6. The molecule has 0 radical (unpaired) electrons. The Labute approximate surface area is 291 Å². The standard InChI is InChI=1S/C35H39F6N7O3/c1-9-11-13-28(49)22(5)48-27(18-25(46-48)19-47(8)32(45-42-7)34(38,33(6,36)37)35(39,40)41)31(51)44-29-20(3)16-23(12-10-2)17-26(29)30(50)43-21(4)24-14-15-24/h9,11,13,16-18,21,24,49H,5,7,14-15,19H2,1-4,6,8H3,(H,43,50)(H,44,51)/b11-9-,28-13+,45-32-. The van der Waals surface area contributed by atoms with Gasteiger partial charge < -0.3 is 20.6 Å². The summed E-state index contributed by atoms with van der Waals surface area (Å²) >= 11 is 0. The van der Waals surface area contributed by atoms with Crippen LogP contribution >= 0.6 is 0 Å². The average Bonchev–Trinajstić information content (AvgIpc) is 3.81. The van der Waals surface area contributed by atoms with Crippen molar-refractivity contribution in [2.45, 2.75) is 77.8 Å². The molecule has 2 unspecified atom stereocenters. The van der Waals surface area contributed by atoms with Crippen molar-refractivity contribution in [3.63, 3.8) is 0 Å². The molecule has 1 fully saturated rings. The Morgan fingerprint density at radius 2 is 1.84 bits per heavy atom. The number of halogens is 6. The van der Waals surface area contributed by atoms with Crippen molar-refractivity contribution in [2.24, 2.45) is 16.1 Å². The number of amides is 2. The summed E-state index contributed by atoms with van der Waals surface area (Å²) in [6.07, 6.45) is 0.0450. The molecule has 1 heterocycles. The van der Waals surface area contributed by atoms with Crippen molar-refractivity contribution in [3.05, 3.63) is 76.8 Å². The number of anilines is 1. The van der Waals surface area contributed by atoms with Gasteiger partial charge in [0.1, 0.15) is 17.2 Å². The number of benzene rings is 1. The summed E-state index contributed by atoms with van der Waals surface area (Å²) < 4.78 is 86.5. The number of aliphatic hydroxyl groups is 1. The van der Waals surface area contributed by atoms with Gasteiger partial charge in [0.05, 0.1) is 23.5 Å². The number of aromatic nitrogens is 2. The normalized spacial score (nSPS) is 15.8. The lowest BCUT2D eigenvalue weighted by Crippen LogP contribution is -2.63. The van der Waals surface area contributed by atoms with Gasteiger partial charge in [-0.25, -0.2) is 17.9 Å². The maximum Gasteiger partial charge on any atom is 0.436 e. The molecule has 0 spiro atoms. The molecule has 2 aromatic rings. The van der Waals surface area contributed by atoms with Crippen LogP contribution in [-0.2, 0) is 6.54 Å². The van der Waals surface area contributed by atoms with E-state index in [4.69, 9.17) is 0 Å². The lowest BCUT2D eigenvalue weighted by Gasteiger charge is -2.36. The number of nitrogens with zero attached hydrogens (tertiary/aromatic N) is 5. The highest BCUT2D eigenvalue weighted by atomic mass is 19.4. The Morgan fingerprint density at radius 1 is 1.20 bits per heavy atom. The summed E-state index contributed by atoms with van der Waals surface area (Å²) in [6, 6.07) is 4.09. The van der Waals surface area contributed by atoms with Crippen molar-refractivity contribution < 1.29 is 41.0 Å². The lowest BCUT2D eigenvalue weighted by molar-refractivity contribution is -0.270. The summed E-state index contributed by atoms with van der Waals surface area (Å²) in [6.45, 7) is 12.4. The van der Waals surface area contributed by atoms with Crippen LogP contribution in [0.4, 0.5) is 32.0 Å². The lowest BCUT2D eigenvalue weighted by atomic mass is 9.95. The van der Waals surface area contributed by atoms with E-state index in [1.54, 1.807) is 32.9 Å². The van der Waals surface area contributed by atoms with Crippen LogP contribution in [0.3, 0.4) is 0 Å². The molecule has 1 aromatic carbocycles. The smallest absolute Gasteiger partial charge is 0.436 e. The van der Waals surface area contributed by atoms with Gasteiger partial charge in [0.2, 0.25) is 0 Å². The van der Waals surface area contributed by atoms with Gasteiger partial charge in [0.15, 0.2) is 5.84 Å². The molecule has 1 saturated carbocycles. The van der Waals surface area contributed by atoms with Gasteiger partial charge in [-0.2, -0.15) is 23.4 Å². The molecule has 3 rings (SSSR count). The zero-order valence-electron chi connectivity index (χ0n) is 28.9. The van der Waals surface area contributed by atoms with Crippen LogP contribution in [0.25, 0.3) is 5.70 Å². The second-order valence-electron chi connectivity index (χ2n) is 12.1. The zero-order valence-corrected chi connectivity index (χ0v) is 28.9. The largest absolute Gasteiger partial charge is 0.506 e. The van der Waals surface area contributed by atoms with Crippen LogP contribution in [0.15, 0.2) is 59.0 Å². The SMILES string of the molecule is C=N/N=C(\N(C)Cc1cc(C(=O)Nc2c(C)cc(C#CC)cc2C(=O)NC(C)C2CC2)n(C(=C)/C(O)=C\C=C/C)n1)C(F)(C(C)(F)F)C(F)(F)F. The maximum atomic E-state index is 15.4. The third-order valence-corrected chi connectivity index (χ3v) is 8.00. The summed E-state index contributed by atoms with van der Waals surface area (Å²) in [5, 5.41) is 26.3. The van der Waals surface area contributed by atoms with Crippen LogP contribution < -0.4 is 10.6 Å². The van der Waals surface area contributed by atoms with Gasteiger partial charge in [-0.1, -0.05) is 24.7 Å². The van der Waals surface area contributed by atoms with E-state index < -0.39 is 47.7 Å². The van der Waals surface area contributed by atoms with Gasteiger partial charge in [-0.05, 0) is 76.3 Å². The highest BCUT2D eigenvalue weighted by molar-refractivity contribution is 6.09. The third-order valence-electron chi connectivity index (χ3n) is 8.00. The zero-order chi connectivity index (χ0) is 38.5. The molecule has 0 aliphatic heterocycles. The van der Waals surface area contributed by atoms with Crippen molar-refractivity contribution in [1.29, 1.82) is 0 Å². The van der Waals surface area contributed by atoms with Gasteiger partial charge in [0.25, 0.3) is 17.7 Å². The maximum absolute atomic E-state index is 15.4. The first-order valence-corrected chi connectivity index (χ1v) is 15.6. The molecular formula is C35H39F6N7O3. The second-order valence-corrected chi connectivity index (χ2v) is 12.1. The minimum Gasteiger partial charge on any atom is -0.506 e. The summed E-state index contributed by atoms with van der Waals surface area (Å²) in [7, 11) is 0.838. The van der Waals surface area contributed by atoms with Gasteiger partial charge in [-0.15, -0.1) is 11.0 Å².